The minimum Gasteiger partial charge on any atom is -0.353 e. The average Bonchev–Trinajstić information content (AvgIpc) is 2.52. The number of nitrogens with one attached hydrogen (secondary N) is 2. The molecule has 2 heterocycles. The van der Waals surface area contributed by atoms with E-state index in [-0.39, 0.29) is 23.8 Å². The van der Waals surface area contributed by atoms with Crippen LogP contribution < -0.4 is 10.6 Å². The van der Waals surface area contributed by atoms with Gasteiger partial charge in [-0.05, 0) is 30.4 Å². The van der Waals surface area contributed by atoms with Crippen molar-refractivity contribution in [3.63, 3.8) is 0 Å². The Morgan fingerprint density at radius 3 is 3.05 bits per heavy atom. The van der Waals surface area contributed by atoms with Gasteiger partial charge in [0.05, 0.1) is 5.92 Å². The monoisotopic (exact) mass is 287 g/mol. The van der Waals surface area contributed by atoms with Crippen LogP contribution in [-0.4, -0.2) is 22.8 Å². The molecule has 2 amide bonds. The summed E-state index contributed by atoms with van der Waals surface area (Å²) in [6, 6.07) is 3.98. The number of aromatic nitrogens is 1. The third kappa shape index (κ3) is 3.23. The summed E-state index contributed by atoms with van der Waals surface area (Å²) >= 11 is 0. The average molecular weight is 287 g/mol. The van der Waals surface area contributed by atoms with Gasteiger partial charge in [0, 0.05) is 31.4 Å². The number of nitrogens with zero attached hydrogens (tertiary/aromatic N) is 1. The van der Waals surface area contributed by atoms with Crippen molar-refractivity contribution in [2.24, 2.45) is 11.8 Å². The Bertz CT molecular complexity index is 518. The van der Waals surface area contributed by atoms with E-state index in [9.17, 15) is 9.59 Å². The van der Waals surface area contributed by atoms with E-state index >= 15 is 0 Å². The van der Waals surface area contributed by atoms with Gasteiger partial charge in [0.25, 0.3) is 0 Å². The first-order valence-corrected chi connectivity index (χ1v) is 7.70. The van der Waals surface area contributed by atoms with E-state index in [0.717, 1.165) is 31.2 Å². The highest BCUT2D eigenvalue weighted by molar-refractivity contribution is 5.87. The molecule has 0 bridgehead atoms. The van der Waals surface area contributed by atoms with Gasteiger partial charge in [-0.15, -0.1) is 0 Å². The molecule has 0 radical (unpaired) electrons. The molecule has 1 saturated carbocycles. The quantitative estimate of drug-likeness (QED) is 0.882. The predicted octanol–water partition coefficient (Wildman–Crippen LogP) is 1.39. The fraction of sp³-hybridized carbons (Fsp3) is 0.562. The molecule has 1 aromatic rings. The maximum atomic E-state index is 12.5. The number of rotatable bonds is 3. The molecule has 3 rings (SSSR count). The molecule has 3 atom stereocenters. The number of piperidine rings is 1. The maximum Gasteiger partial charge on any atom is 0.224 e. The van der Waals surface area contributed by atoms with Crippen molar-refractivity contribution in [3.8, 4) is 0 Å². The Balaban J connectivity index is 1.63. The van der Waals surface area contributed by atoms with Gasteiger partial charge in [-0.1, -0.05) is 18.9 Å². The summed E-state index contributed by atoms with van der Waals surface area (Å²) in [6.45, 7) is 0.474. The Morgan fingerprint density at radius 2 is 2.24 bits per heavy atom. The number of hydrogen-bond donors (Lipinski definition) is 2. The standard InChI is InChI=1S/C16H21N3O2/c20-15-8-13(12-5-1-2-6-14(12)19-15)16(21)18-10-11-4-3-7-17-9-11/h3-4,7,9,12-14H,1-2,5-6,8,10H2,(H,18,21)(H,19,20). The van der Waals surface area contributed by atoms with Crippen LogP contribution in [0.25, 0.3) is 0 Å². The van der Waals surface area contributed by atoms with Gasteiger partial charge >= 0.3 is 0 Å². The van der Waals surface area contributed by atoms with Crippen molar-refractivity contribution >= 4 is 11.8 Å². The van der Waals surface area contributed by atoms with Crippen LogP contribution in [0.3, 0.4) is 0 Å². The zero-order valence-corrected chi connectivity index (χ0v) is 12.0. The van der Waals surface area contributed by atoms with Crippen LogP contribution in [0.15, 0.2) is 24.5 Å². The topological polar surface area (TPSA) is 71.1 Å². The second-order valence-corrected chi connectivity index (χ2v) is 6.01. The molecule has 21 heavy (non-hydrogen) atoms. The van der Waals surface area contributed by atoms with E-state index in [1.165, 1.54) is 0 Å². The van der Waals surface area contributed by atoms with Crippen LogP contribution in [0.2, 0.25) is 0 Å². The lowest BCUT2D eigenvalue weighted by Crippen LogP contribution is -2.54. The molecule has 3 unspecified atom stereocenters. The molecule has 2 fully saturated rings. The van der Waals surface area contributed by atoms with Crippen molar-refractivity contribution in [2.75, 3.05) is 0 Å². The van der Waals surface area contributed by atoms with E-state index in [2.05, 4.69) is 15.6 Å². The van der Waals surface area contributed by atoms with Gasteiger partial charge in [0.2, 0.25) is 11.8 Å². The summed E-state index contributed by atoms with van der Waals surface area (Å²) in [5.41, 5.74) is 0.978. The molecule has 112 valence electrons. The fourth-order valence-electron chi connectivity index (χ4n) is 3.55. The van der Waals surface area contributed by atoms with Crippen molar-refractivity contribution in [2.45, 2.75) is 44.7 Å². The molecule has 2 aliphatic rings. The molecule has 1 aliphatic heterocycles. The predicted molar refractivity (Wildman–Crippen MR) is 78.1 cm³/mol. The molecule has 5 nitrogen and oxygen atoms in total. The zero-order chi connectivity index (χ0) is 14.7. The van der Waals surface area contributed by atoms with E-state index in [1.807, 2.05) is 12.1 Å². The minimum atomic E-state index is -0.180. The summed E-state index contributed by atoms with van der Waals surface area (Å²) in [6.07, 6.45) is 8.12. The summed E-state index contributed by atoms with van der Waals surface area (Å²) in [4.78, 5) is 28.3. The molecule has 5 heteroatoms. The Labute approximate surface area is 124 Å². The highest BCUT2D eigenvalue weighted by Crippen LogP contribution is 2.35. The number of hydrogen-bond acceptors (Lipinski definition) is 3. The molecule has 1 aliphatic carbocycles. The normalized spacial score (nSPS) is 28.4. The molecule has 0 aromatic carbocycles. The summed E-state index contributed by atoms with van der Waals surface area (Å²) in [5, 5.41) is 6.01. The zero-order valence-electron chi connectivity index (χ0n) is 12.0. The summed E-state index contributed by atoms with van der Waals surface area (Å²) in [7, 11) is 0. The molecule has 1 saturated heterocycles. The lowest BCUT2D eigenvalue weighted by atomic mass is 9.72. The van der Waals surface area contributed by atoms with Gasteiger partial charge in [0.15, 0.2) is 0 Å². The van der Waals surface area contributed by atoms with Crippen molar-refractivity contribution in [1.82, 2.24) is 15.6 Å². The van der Waals surface area contributed by atoms with Crippen LogP contribution in [0.1, 0.15) is 37.7 Å². The van der Waals surface area contributed by atoms with Gasteiger partial charge in [-0.3, -0.25) is 14.6 Å². The number of amides is 2. The molecular weight excluding hydrogens is 266 g/mol. The van der Waals surface area contributed by atoms with Crippen molar-refractivity contribution in [3.05, 3.63) is 30.1 Å². The van der Waals surface area contributed by atoms with Crippen molar-refractivity contribution in [1.29, 1.82) is 0 Å². The fourth-order valence-corrected chi connectivity index (χ4v) is 3.55. The first-order chi connectivity index (χ1) is 10.2. The third-order valence-electron chi connectivity index (χ3n) is 4.61. The van der Waals surface area contributed by atoms with E-state index in [1.54, 1.807) is 12.4 Å². The van der Waals surface area contributed by atoms with Gasteiger partial charge in [0.1, 0.15) is 0 Å². The number of pyridine rings is 1. The smallest absolute Gasteiger partial charge is 0.224 e. The minimum absolute atomic E-state index is 0.00519. The Morgan fingerprint density at radius 1 is 1.38 bits per heavy atom. The van der Waals surface area contributed by atoms with Crippen LogP contribution >= 0.6 is 0 Å². The number of carbonyl (C=O) groups is 2. The van der Waals surface area contributed by atoms with E-state index in [4.69, 9.17) is 0 Å². The van der Waals surface area contributed by atoms with Crippen LogP contribution in [-0.2, 0) is 16.1 Å². The molecular formula is C16H21N3O2. The third-order valence-corrected chi connectivity index (χ3v) is 4.61. The summed E-state index contributed by atoms with van der Waals surface area (Å²) in [5.74, 6) is 0.136. The second-order valence-electron chi connectivity index (χ2n) is 6.01. The largest absolute Gasteiger partial charge is 0.353 e. The molecule has 2 N–H and O–H groups in total. The lowest BCUT2D eigenvalue weighted by Gasteiger charge is -2.40. The number of fused-ring (bicyclic) bond motifs is 1. The van der Waals surface area contributed by atoms with E-state index < -0.39 is 0 Å². The lowest BCUT2D eigenvalue weighted by molar-refractivity contribution is -0.137. The van der Waals surface area contributed by atoms with Crippen molar-refractivity contribution < 1.29 is 9.59 Å². The second kappa shape index (κ2) is 6.24. The van der Waals surface area contributed by atoms with Crippen LogP contribution in [0, 0.1) is 11.8 Å². The molecule has 1 aromatic heterocycles. The highest BCUT2D eigenvalue weighted by Gasteiger charge is 2.41. The molecule has 0 spiro atoms. The highest BCUT2D eigenvalue weighted by atomic mass is 16.2. The van der Waals surface area contributed by atoms with Crippen LogP contribution in [0.5, 0.6) is 0 Å². The SMILES string of the molecule is O=C1CC(C(=O)NCc2cccnc2)C2CCCCC2N1. The van der Waals surface area contributed by atoms with Gasteiger partial charge < -0.3 is 10.6 Å². The van der Waals surface area contributed by atoms with Gasteiger partial charge in [-0.25, -0.2) is 0 Å². The maximum absolute atomic E-state index is 12.5. The van der Waals surface area contributed by atoms with E-state index in [0.29, 0.717) is 18.9 Å². The first-order valence-electron chi connectivity index (χ1n) is 7.70. The Kier molecular flexibility index (Phi) is 4.18. The van der Waals surface area contributed by atoms with Crippen LogP contribution in [0.4, 0.5) is 0 Å². The van der Waals surface area contributed by atoms with Gasteiger partial charge in [-0.2, -0.15) is 0 Å². The number of carbonyl (C=O) groups excluding carboxylic acids is 2. The Hall–Kier alpha value is -1.91. The summed E-state index contributed by atoms with van der Waals surface area (Å²) < 4.78 is 0. The first kappa shape index (κ1) is 14.0.